The van der Waals surface area contributed by atoms with E-state index >= 15 is 0 Å². The van der Waals surface area contributed by atoms with Crippen LogP contribution in [0.25, 0.3) is 0 Å². The zero-order chi connectivity index (χ0) is 17.7. The molecular formula is C18H28N2O4S. The van der Waals surface area contributed by atoms with Crippen LogP contribution in [-0.4, -0.2) is 58.3 Å². The van der Waals surface area contributed by atoms with Crippen LogP contribution in [-0.2, 0) is 14.8 Å². The Morgan fingerprint density at radius 1 is 1.20 bits per heavy atom. The molecule has 0 radical (unpaired) electrons. The number of benzene rings is 1. The number of nitrogens with zero attached hydrogens (tertiary/aromatic N) is 1. The second kappa shape index (κ2) is 8.49. The lowest BCUT2D eigenvalue weighted by Crippen LogP contribution is -2.47. The van der Waals surface area contributed by atoms with Crippen LogP contribution in [0.3, 0.4) is 0 Å². The maximum Gasteiger partial charge on any atom is 0.240 e. The molecule has 1 N–H and O–H groups in total. The number of hydrogen-bond donors (Lipinski definition) is 1. The molecule has 3 rings (SSSR count). The Kier molecular flexibility index (Phi) is 6.33. The van der Waals surface area contributed by atoms with Gasteiger partial charge in [0.15, 0.2) is 0 Å². The largest absolute Gasteiger partial charge is 0.490 e. The van der Waals surface area contributed by atoms with Crippen LogP contribution in [0.4, 0.5) is 0 Å². The van der Waals surface area contributed by atoms with Crippen molar-refractivity contribution < 1.29 is 17.9 Å². The highest BCUT2D eigenvalue weighted by atomic mass is 32.2. The van der Waals surface area contributed by atoms with Crippen molar-refractivity contribution in [3.05, 3.63) is 24.3 Å². The number of morpholine rings is 1. The van der Waals surface area contributed by atoms with Gasteiger partial charge in [-0.05, 0) is 56.9 Å². The van der Waals surface area contributed by atoms with E-state index in [1.165, 1.54) is 12.8 Å². The van der Waals surface area contributed by atoms with Gasteiger partial charge in [0, 0.05) is 25.7 Å². The molecule has 1 saturated heterocycles. The Balaban J connectivity index is 1.53. The van der Waals surface area contributed by atoms with Crippen molar-refractivity contribution in [3.63, 3.8) is 0 Å². The zero-order valence-corrected chi connectivity index (χ0v) is 15.6. The highest BCUT2D eigenvalue weighted by Crippen LogP contribution is 2.24. The molecule has 6 nitrogen and oxygen atoms in total. The number of hydrogen-bond acceptors (Lipinski definition) is 5. The van der Waals surface area contributed by atoms with Crippen LogP contribution in [0.5, 0.6) is 5.75 Å². The Morgan fingerprint density at radius 2 is 1.84 bits per heavy atom. The third-order valence-corrected chi connectivity index (χ3v) is 6.42. The highest BCUT2D eigenvalue weighted by Gasteiger charge is 2.21. The lowest BCUT2D eigenvalue weighted by atomic mass is 10.2. The van der Waals surface area contributed by atoms with Gasteiger partial charge in [0.1, 0.15) is 5.75 Å². The quantitative estimate of drug-likeness (QED) is 0.797. The molecule has 0 spiro atoms. The second-order valence-electron chi connectivity index (χ2n) is 6.84. The Hall–Kier alpha value is -1.15. The summed E-state index contributed by atoms with van der Waals surface area (Å²) in [4.78, 5) is 2.52. The normalized spacial score (nSPS) is 21.3. The molecule has 7 heteroatoms. The van der Waals surface area contributed by atoms with Crippen LogP contribution < -0.4 is 9.46 Å². The molecule has 0 aromatic heterocycles. The van der Waals surface area contributed by atoms with Crippen molar-refractivity contribution in [1.82, 2.24) is 9.62 Å². The van der Waals surface area contributed by atoms with Crippen molar-refractivity contribution in [3.8, 4) is 5.75 Å². The monoisotopic (exact) mass is 368 g/mol. The summed E-state index contributed by atoms with van der Waals surface area (Å²) in [6, 6.07) is 6.87. The van der Waals surface area contributed by atoms with Gasteiger partial charge >= 0.3 is 0 Å². The minimum Gasteiger partial charge on any atom is -0.490 e. The topological polar surface area (TPSA) is 67.9 Å². The molecule has 1 aliphatic carbocycles. The van der Waals surface area contributed by atoms with Crippen LogP contribution in [0.1, 0.15) is 32.6 Å². The first-order valence-electron chi connectivity index (χ1n) is 9.13. The maximum absolute atomic E-state index is 12.5. The summed E-state index contributed by atoms with van der Waals surface area (Å²) in [5.41, 5.74) is 0. The summed E-state index contributed by atoms with van der Waals surface area (Å²) in [7, 11) is -3.50. The van der Waals surface area contributed by atoms with E-state index in [4.69, 9.17) is 9.47 Å². The summed E-state index contributed by atoms with van der Waals surface area (Å²) in [5, 5.41) is 0. The molecule has 140 valence electrons. The second-order valence-corrected chi connectivity index (χ2v) is 8.61. The summed E-state index contributed by atoms with van der Waals surface area (Å²) in [6.45, 7) is 5.53. The summed E-state index contributed by atoms with van der Waals surface area (Å²) in [5.74, 6) is 0.743. The third kappa shape index (κ3) is 5.17. The third-order valence-electron chi connectivity index (χ3n) is 4.98. The minimum atomic E-state index is -3.50. The maximum atomic E-state index is 12.5. The average molecular weight is 368 g/mol. The lowest BCUT2D eigenvalue weighted by Gasteiger charge is -2.32. The van der Waals surface area contributed by atoms with Crippen LogP contribution >= 0.6 is 0 Å². The number of ether oxygens (including phenoxy) is 2. The lowest BCUT2D eigenvalue weighted by molar-refractivity contribution is 0.0213. The first kappa shape index (κ1) is 18.6. The van der Waals surface area contributed by atoms with E-state index < -0.39 is 10.0 Å². The van der Waals surface area contributed by atoms with E-state index in [1.807, 2.05) is 6.92 Å². The molecule has 1 aromatic carbocycles. The van der Waals surface area contributed by atoms with E-state index in [-0.39, 0.29) is 17.0 Å². The molecule has 2 aliphatic rings. The van der Waals surface area contributed by atoms with Crippen molar-refractivity contribution in [2.45, 2.75) is 49.6 Å². The molecule has 1 saturated carbocycles. The van der Waals surface area contributed by atoms with Gasteiger partial charge in [-0.25, -0.2) is 13.1 Å². The van der Waals surface area contributed by atoms with Gasteiger partial charge in [0.05, 0.1) is 24.2 Å². The van der Waals surface area contributed by atoms with Gasteiger partial charge in [0.25, 0.3) is 0 Å². The van der Waals surface area contributed by atoms with Gasteiger partial charge in [-0.3, -0.25) is 4.90 Å². The van der Waals surface area contributed by atoms with Crippen LogP contribution in [0, 0.1) is 0 Å². The molecule has 1 atom stereocenters. The van der Waals surface area contributed by atoms with Crippen LogP contribution in [0.15, 0.2) is 29.2 Å². The average Bonchev–Trinajstić information content (AvgIpc) is 3.14. The molecule has 1 aliphatic heterocycles. The fourth-order valence-corrected chi connectivity index (χ4v) is 4.48. The Labute approximate surface area is 150 Å². The molecule has 0 amide bonds. The number of nitrogens with one attached hydrogen (secondary N) is 1. The standard InChI is InChI=1S/C18H28N2O4S/c1-15(20-10-12-23-13-11-20)14-19-25(21,22)18-8-6-17(7-9-18)24-16-4-2-3-5-16/h6-9,15-16,19H,2-5,10-14H2,1H3. The van der Waals surface area contributed by atoms with E-state index in [0.717, 1.165) is 31.7 Å². The van der Waals surface area contributed by atoms with E-state index in [0.29, 0.717) is 19.8 Å². The molecule has 1 heterocycles. The predicted octanol–water partition coefficient (Wildman–Crippen LogP) is 2.01. The summed E-state index contributed by atoms with van der Waals surface area (Å²) < 4.78 is 38.9. The minimum absolute atomic E-state index is 0.142. The Bertz CT molecular complexity index is 636. The first-order valence-corrected chi connectivity index (χ1v) is 10.6. The number of rotatable bonds is 7. The molecule has 25 heavy (non-hydrogen) atoms. The molecular weight excluding hydrogens is 340 g/mol. The van der Waals surface area contributed by atoms with Gasteiger partial charge in [-0.15, -0.1) is 0 Å². The van der Waals surface area contributed by atoms with E-state index in [9.17, 15) is 8.42 Å². The van der Waals surface area contributed by atoms with Crippen molar-refractivity contribution in [2.75, 3.05) is 32.8 Å². The zero-order valence-electron chi connectivity index (χ0n) is 14.8. The van der Waals surface area contributed by atoms with E-state index in [1.54, 1.807) is 24.3 Å². The molecule has 2 fully saturated rings. The fourth-order valence-electron chi connectivity index (χ4n) is 3.36. The van der Waals surface area contributed by atoms with E-state index in [2.05, 4.69) is 9.62 Å². The highest BCUT2D eigenvalue weighted by molar-refractivity contribution is 7.89. The smallest absolute Gasteiger partial charge is 0.240 e. The molecule has 1 unspecified atom stereocenters. The van der Waals surface area contributed by atoms with Crippen molar-refractivity contribution in [1.29, 1.82) is 0 Å². The van der Waals surface area contributed by atoms with Crippen molar-refractivity contribution >= 4 is 10.0 Å². The van der Waals surface area contributed by atoms with Crippen molar-refractivity contribution in [2.24, 2.45) is 0 Å². The predicted molar refractivity (Wildman–Crippen MR) is 96.4 cm³/mol. The van der Waals surface area contributed by atoms with Gasteiger partial charge < -0.3 is 9.47 Å². The Morgan fingerprint density at radius 3 is 2.48 bits per heavy atom. The van der Waals surface area contributed by atoms with Gasteiger partial charge in [0.2, 0.25) is 10.0 Å². The summed E-state index contributed by atoms with van der Waals surface area (Å²) >= 11 is 0. The SMILES string of the molecule is CC(CNS(=O)(=O)c1ccc(OC2CCCC2)cc1)N1CCOCC1. The summed E-state index contributed by atoms with van der Waals surface area (Å²) in [6.07, 6.45) is 4.86. The van der Waals surface area contributed by atoms with Gasteiger partial charge in [-0.1, -0.05) is 0 Å². The van der Waals surface area contributed by atoms with Crippen LogP contribution in [0.2, 0.25) is 0 Å². The number of sulfonamides is 1. The first-order chi connectivity index (χ1) is 12.0. The fraction of sp³-hybridized carbons (Fsp3) is 0.667. The molecule has 1 aromatic rings. The molecule has 0 bridgehead atoms. The van der Waals surface area contributed by atoms with Gasteiger partial charge in [-0.2, -0.15) is 0 Å².